The number of ether oxygens (including phenoxy) is 1. The summed E-state index contributed by atoms with van der Waals surface area (Å²) in [7, 11) is 1.29. The average molecular weight is 443 g/mol. The Bertz CT molecular complexity index is 1210. The standard InChI is InChI=1S/C25H21N3O5/c1-33-25(32)19-6-4-17(5-7-19)21-20(22(29)18-8-12-26-13-9-18)23(30)24(31)28(21)14-10-16-3-2-11-27-15-16/h2-9,11-13,15,21,29H,10,14H2,1H3. The summed E-state index contributed by atoms with van der Waals surface area (Å²) in [5, 5.41) is 11.0. The molecule has 0 spiro atoms. The zero-order chi connectivity index (χ0) is 23.4. The van der Waals surface area contributed by atoms with Gasteiger partial charge in [0.15, 0.2) is 0 Å². The summed E-state index contributed by atoms with van der Waals surface area (Å²) in [5.74, 6) is -2.24. The molecule has 1 aromatic carbocycles. The van der Waals surface area contributed by atoms with E-state index in [1.54, 1.807) is 54.9 Å². The number of aliphatic hydroxyl groups is 1. The Hall–Kier alpha value is -4.33. The molecule has 3 aromatic rings. The quantitative estimate of drug-likeness (QED) is 0.270. The van der Waals surface area contributed by atoms with Gasteiger partial charge in [0.1, 0.15) is 5.76 Å². The molecule has 1 N–H and O–H groups in total. The van der Waals surface area contributed by atoms with Crippen LogP contribution in [0.1, 0.15) is 33.1 Å². The molecule has 0 radical (unpaired) electrons. The first kappa shape index (κ1) is 21.9. The third-order valence-corrected chi connectivity index (χ3v) is 5.51. The summed E-state index contributed by atoms with van der Waals surface area (Å²) >= 11 is 0. The Kier molecular flexibility index (Phi) is 6.26. The second-order valence-electron chi connectivity index (χ2n) is 7.45. The molecule has 2 aromatic heterocycles. The highest BCUT2D eigenvalue weighted by Gasteiger charge is 2.45. The van der Waals surface area contributed by atoms with Crippen LogP contribution >= 0.6 is 0 Å². The number of hydrogen-bond donors (Lipinski definition) is 1. The first-order chi connectivity index (χ1) is 16.0. The Morgan fingerprint density at radius 1 is 1.00 bits per heavy atom. The largest absolute Gasteiger partial charge is 0.507 e. The van der Waals surface area contributed by atoms with Gasteiger partial charge >= 0.3 is 5.97 Å². The minimum atomic E-state index is -0.818. The number of hydrogen-bond acceptors (Lipinski definition) is 7. The minimum absolute atomic E-state index is 0.0109. The lowest BCUT2D eigenvalue weighted by molar-refractivity contribution is -0.139. The monoisotopic (exact) mass is 443 g/mol. The van der Waals surface area contributed by atoms with Gasteiger partial charge < -0.3 is 14.7 Å². The zero-order valence-electron chi connectivity index (χ0n) is 17.8. The van der Waals surface area contributed by atoms with Crippen molar-refractivity contribution in [2.24, 2.45) is 0 Å². The molecule has 0 aliphatic carbocycles. The zero-order valence-corrected chi connectivity index (χ0v) is 17.8. The van der Waals surface area contributed by atoms with E-state index >= 15 is 0 Å². The Balaban J connectivity index is 1.77. The number of esters is 1. The van der Waals surface area contributed by atoms with Gasteiger partial charge in [-0.15, -0.1) is 0 Å². The van der Waals surface area contributed by atoms with Crippen LogP contribution in [0.25, 0.3) is 5.76 Å². The maximum absolute atomic E-state index is 13.0. The lowest BCUT2D eigenvalue weighted by Crippen LogP contribution is -2.31. The molecule has 1 saturated heterocycles. The van der Waals surface area contributed by atoms with E-state index in [2.05, 4.69) is 9.97 Å². The molecule has 166 valence electrons. The molecule has 8 heteroatoms. The summed E-state index contributed by atoms with van der Waals surface area (Å²) in [5.41, 5.74) is 2.20. The Morgan fingerprint density at radius 2 is 1.73 bits per heavy atom. The van der Waals surface area contributed by atoms with Gasteiger partial charge in [0.05, 0.1) is 24.3 Å². The molecule has 4 rings (SSSR count). The summed E-state index contributed by atoms with van der Waals surface area (Å²) in [6.45, 7) is 0.243. The molecular weight excluding hydrogens is 422 g/mol. The first-order valence-corrected chi connectivity index (χ1v) is 10.3. The maximum Gasteiger partial charge on any atom is 0.337 e. The molecule has 1 aliphatic heterocycles. The predicted octanol–water partition coefficient (Wildman–Crippen LogP) is 2.93. The van der Waals surface area contributed by atoms with E-state index in [1.807, 2.05) is 6.07 Å². The smallest absolute Gasteiger partial charge is 0.337 e. The number of Topliss-reactive ketones (excluding diaryl/α,β-unsaturated/α-hetero) is 1. The van der Waals surface area contributed by atoms with Gasteiger partial charge in [0.25, 0.3) is 11.7 Å². The number of pyridine rings is 2. The normalized spacial score (nSPS) is 17.2. The molecule has 1 unspecified atom stereocenters. The third-order valence-electron chi connectivity index (χ3n) is 5.51. The van der Waals surface area contributed by atoms with Crippen molar-refractivity contribution in [2.75, 3.05) is 13.7 Å². The molecule has 1 atom stereocenters. The van der Waals surface area contributed by atoms with Crippen molar-refractivity contribution in [1.82, 2.24) is 14.9 Å². The van der Waals surface area contributed by atoms with Gasteiger partial charge in [-0.05, 0) is 47.9 Å². The van der Waals surface area contributed by atoms with E-state index in [0.717, 1.165) is 5.56 Å². The number of benzene rings is 1. The van der Waals surface area contributed by atoms with Crippen LogP contribution in [0.4, 0.5) is 0 Å². The number of ketones is 1. The van der Waals surface area contributed by atoms with Crippen LogP contribution in [-0.4, -0.2) is 51.3 Å². The fourth-order valence-electron chi connectivity index (χ4n) is 3.84. The van der Waals surface area contributed by atoms with E-state index in [-0.39, 0.29) is 17.9 Å². The molecule has 8 nitrogen and oxygen atoms in total. The highest BCUT2D eigenvalue weighted by Crippen LogP contribution is 2.39. The van der Waals surface area contributed by atoms with Crippen LogP contribution in [0, 0.1) is 0 Å². The Labute approximate surface area is 190 Å². The van der Waals surface area contributed by atoms with Gasteiger partial charge in [-0.1, -0.05) is 18.2 Å². The summed E-state index contributed by atoms with van der Waals surface area (Å²) in [6.07, 6.45) is 6.83. The molecular formula is C25H21N3O5. The molecule has 0 bridgehead atoms. The number of methoxy groups -OCH3 is 1. The number of likely N-dealkylation sites (tertiary alicyclic amines) is 1. The van der Waals surface area contributed by atoms with Gasteiger partial charge in [-0.25, -0.2) is 4.79 Å². The van der Waals surface area contributed by atoms with E-state index in [1.165, 1.54) is 24.4 Å². The predicted molar refractivity (Wildman–Crippen MR) is 119 cm³/mol. The number of amides is 1. The second kappa shape index (κ2) is 9.44. The fourth-order valence-corrected chi connectivity index (χ4v) is 3.84. The van der Waals surface area contributed by atoms with Crippen molar-refractivity contribution in [3.05, 3.63) is 101 Å². The fraction of sp³-hybridized carbons (Fsp3) is 0.160. The number of aliphatic hydroxyl groups excluding tert-OH is 1. The lowest BCUT2D eigenvalue weighted by atomic mass is 9.94. The second-order valence-corrected chi connectivity index (χ2v) is 7.45. The van der Waals surface area contributed by atoms with Crippen LogP contribution < -0.4 is 0 Å². The number of nitrogens with zero attached hydrogens (tertiary/aromatic N) is 3. The molecule has 1 aliphatic rings. The third kappa shape index (κ3) is 4.36. The highest BCUT2D eigenvalue weighted by atomic mass is 16.5. The van der Waals surface area contributed by atoms with E-state index in [4.69, 9.17) is 4.74 Å². The van der Waals surface area contributed by atoms with Crippen LogP contribution in [-0.2, 0) is 20.7 Å². The Morgan fingerprint density at radius 3 is 2.36 bits per heavy atom. The van der Waals surface area contributed by atoms with E-state index in [9.17, 15) is 19.5 Å². The minimum Gasteiger partial charge on any atom is -0.507 e. The van der Waals surface area contributed by atoms with Crippen LogP contribution in [0.3, 0.4) is 0 Å². The van der Waals surface area contributed by atoms with E-state index in [0.29, 0.717) is 23.1 Å². The SMILES string of the molecule is COC(=O)c1ccc(C2C(=C(O)c3ccncc3)C(=O)C(=O)N2CCc2cccnc2)cc1. The van der Waals surface area contributed by atoms with Crippen molar-refractivity contribution in [2.45, 2.75) is 12.5 Å². The van der Waals surface area contributed by atoms with Crippen LogP contribution in [0.2, 0.25) is 0 Å². The van der Waals surface area contributed by atoms with Gasteiger partial charge in [0, 0.05) is 36.9 Å². The van der Waals surface area contributed by atoms with Crippen molar-refractivity contribution < 1.29 is 24.2 Å². The lowest BCUT2D eigenvalue weighted by Gasteiger charge is -2.25. The van der Waals surface area contributed by atoms with Gasteiger partial charge in [-0.3, -0.25) is 19.6 Å². The maximum atomic E-state index is 13.0. The van der Waals surface area contributed by atoms with Crippen molar-refractivity contribution >= 4 is 23.4 Å². The average Bonchev–Trinajstić information content (AvgIpc) is 3.12. The molecule has 33 heavy (non-hydrogen) atoms. The van der Waals surface area contributed by atoms with Crippen LogP contribution in [0.15, 0.2) is 78.9 Å². The topological polar surface area (TPSA) is 110 Å². The first-order valence-electron chi connectivity index (χ1n) is 10.3. The number of carbonyl (C=O) groups excluding carboxylic acids is 3. The van der Waals surface area contributed by atoms with Crippen molar-refractivity contribution in [1.29, 1.82) is 0 Å². The highest BCUT2D eigenvalue weighted by molar-refractivity contribution is 6.46. The summed E-state index contributed by atoms with van der Waals surface area (Å²) in [6, 6.07) is 12.4. The summed E-state index contributed by atoms with van der Waals surface area (Å²) in [4.78, 5) is 47.3. The summed E-state index contributed by atoms with van der Waals surface area (Å²) < 4.78 is 4.74. The van der Waals surface area contributed by atoms with E-state index < -0.39 is 23.7 Å². The molecule has 1 fully saturated rings. The van der Waals surface area contributed by atoms with Gasteiger partial charge in [-0.2, -0.15) is 0 Å². The number of carbonyl (C=O) groups is 3. The number of rotatable bonds is 6. The van der Waals surface area contributed by atoms with Gasteiger partial charge in [0.2, 0.25) is 0 Å². The molecule has 3 heterocycles. The number of aromatic nitrogens is 2. The van der Waals surface area contributed by atoms with Crippen molar-refractivity contribution in [3.8, 4) is 0 Å². The van der Waals surface area contributed by atoms with Crippen molar-refractivity contribution in [3.63, 3.8) is 0 Å². The molecule has 0 saturated carbocycles. The molecule has 1 amide bonds. The van der Waals surface area contributed by atoms with Crippen LogP contribution in [0.5, 0.6) is 0 Å².